The summed E-state index contributed by atoms with van der Waals surface area (Å²) < 4.78 is 0. The Morgan fingerprint density at radius 2 is 2.16 bits per heavy atom. The summed E-state index contributed by atoms with van der Waals surface area (Å²) in [5, 5.41) is 3.59. The number of nitrogens with zero attached hydrogens (tertiary/aromatic N) is 2. The van der Waals surface area contributed by atoms with Crippen LogP contribution in [0.4, 0.5) is 0 Å². The van der Waals surface area contributed by atoms with Crippen molar-refractivity contribution in [3.63, 3.8) is 0 Å². The van der Waals surface area contributed by atoms with E-state index in [4.69, 9.17) is 0 Å². The number of rotatable bonds is 3. The predicted octanol–water partition coefficient (Wildman–Crippen LogP) is 1.66. The molecule has 0 spiro atoms. The lowest BCUT2D eigenvalue weighted by atomic mass is 9.97. The van der Waals surface area contributed by atoms with Crippen LogP contribution in [0.2, 0.25) is 0 Å². The Morgan fingerprint density at radius 3 is 2.68 bits per heavy atom. The van der Waals surface area contributed by atoms with Gasteiger partial charge in [0, 0.05) is 12.6 Å². The predicted molar refractivity (Wildman–Crippen MR) is 77.8 cm³/mol. The average molecular weight is 267 g/mol. The van der Waals surface area contributed by atoms with E-state index in [9.17, 15) is 4.79 Å². The molecule has 4 nitrogen and oxygen atoms in total. The topological polar surface area (TPSA) is 35.6 Å². The van der Waals surface area contributed by atoms with Crippen LogP contribution in [-0.4, -0.2) is 53.6 Å². The molecule has 0 aromatic carbocycles. The highest BCUT2D eigenvalue weighted by Crippen LogP contribution is 2.31. The summed E-state index contributed by atoms with van der Waals surface area (Å²) >= 11 is 0. The number of hydrogen-bond acceptors (Lipinski definition) is 3. The van der Waals surface area contributed by atoms with Gasteiger partial charge in [0.15, 0.2) is 0 Å². The van der Waals surface area contributed by atoms with Gasteiger partial charge in [-0.05, 0) is 45.7 Å². The number of carbonyl (C=O) groups excluding carboxylic acids is 1. The number of hydrogen-bond donors (Lipinski definition) is 1. The van der Waals surface area contributed by atoms with Crippen LogP contribution < -0.4 is 5.32 Å². The van der Waals surface area contributed by atoms with Crippen molar-refractivity contribution in [2.75, 3.05) is 20.1 Å². The minimum Gasteiger partial charge on any atom is -0.321 e. The van der Waals surface area contributed by atoms with E-state index in [2.05, 4.69) is 49.9 Å². The molecular formula is C15H29N3O. The zero-order valence-electron chi connectivity index (χ0n) is 13.1. The molecule has 0 saturated carbocycles. The summed E-state index contributed by atoms with van der Waals surface area (Å²) in [6.45, 7) is 10.7. The monoisotopic (exact) mass is 267 g/mol. The second-order valence-electron chi connectivity index (χ2n) is 6.79. The first kappa shape index (κ1) is 14.8. The highest BCUT2D eigenvalue weighted by molar-refractivity contribution is 5.88. The van der Waals surface area contributed by atoms with E-state index in [0.717, 1.165) is 25.9 Å². The molecular weight excluding hydrogens is 238 g/mol. The molecule has 2 aliphatic rings. The van der Waals surface area contributed by atoms with E-state index >= 15 is 0 Å². The minimum atomic E-state index is -0.370. The molecule has 19 heavy (non-hydrogen) atoms. The summed E-state index contributed by atoms with van der Waals surface area (Å²) in [5.74, 6) is 0.749. The second kappa shape index (κ2) is 5.41. The average Bonchev–Trinajstić information content (AvgIpc) is 2.63. The third-order valence-electron chi connectivity index (χ3n) is 4.80. The molecule has 2 aliphatic heterocycles. The van der Waals surface area contributed by atoms with Crippen molar-refractivity contribution >= 4 is 5.91 Å². The molecule has 1 N–H and O–H groups in total. The normalized spacial score (nSPS) is 37.4. The maximum atomic E-state index is 12.8. The first-order chi connectivity index (χ1) is 8.89. The van der Waals surface area contributed by atoms with Crippen molar-refractivity contribution in [2.45, 2.75) is 64.7 Å². The van der Waals surface area contributed by atoms with Crippen LogP contribution in [0.1, 0.15) is 47.0 Å². The number of piperidine rings is 1. The Morgan fingerprint density at radius 1 is 1.47 bits per heavy atom. The van der Waals surface area contributed by atoms with Gasteiger partial charge in [-0.2, -0.15) is 0 Å². The third kappa shape index (κ3) is 2.65. The molecule has 2 heterocycles. The van der Waals surface area contributed by atoms with E-state index < -0.39 is 0 Å². The van der Waals surface area contributed by atoms with Crippen molar-refractivity contribution in [1.29, 1.82) is 0 Å². The first-order valence-electron chi connectivity index (χ1n) is 7.68. The highest BCUT2D eigenvalue weighted by Gasteiger charge is 2.50. The van der Waals surface area contributed by atoms with Gasteiger partial charge in [-0.15, -0.1) is 0 Å². The Kier molecular flexibility index (Phi) is 4.21. The maximum Gasteiger partial charge on any atom is 0.244 e. The van der Waals surface area contributed by atoms with Gasteiger partial charge in [0.1, 0.15) is 0 Å². The van der Waals surface area contributed by atoms with E-state index in [0.29, 0.717) is 17.9 Å². The fourth-order valence-corrected chi connectivity index (χ4v) is 3.37. The molecule has 2 fully saturated rings. The standard InChI is InChI=1S/C15H29N3O/c1-6-15(4)14(19)18(13(16-15)11(2)3)12-8-7-9-17(5)10-12/h11-13,16H,6-10H2,1-5H3. The van der Waals surface area contributed by atoms with Gasteiger partial charge in [0.05, 0.1) is 11.7 Å². The van der Waals surface area contributed by atoms with Crippen LogP contribution in [0.15, 0.2) is 0 Å². The number of amides is 1. The molecule has 0 aliphatic carbocycles. The van der Waals surface area contributed by atoms with Crippen LogP contribution in [0, 0.1) is 5.92 Å². The van der Waals surface area contributed by atoms with Crippen molar-refractivity contribution in [2.24, 2.45) is 5.92 Å². The highest BCUT2D eigenvalue weighted by atomic mass is 16.2. The number of likely N-dealkylation sites (N-methyl/N-ethyl adjacent to an activating group) is 1. The van der Waals surface area contributed by atoms with Gasteiger partial charge in [-0.3, -0.25) is 10.1 Å². The summed E-state index contributed by atoms with van der Waals surface area (Å²) in [4.78, 5) is 17.3. The molecule has 1 amide bonds. The smallest absolute Gasteiger partial charge is 0.244 e. The molecule has 0 radical (unpaired) electrons. The lowest BCUT2D eigenvalue weighted by Crippen LogP contribution is -2.53. The van der Waals surface area contributed by atoms with Crippen LogP contribution in [0.3, 0.4) is 0 Å². The van der Waals surface area contributed by atoms with E-state index in [1.807, 2.05) is 0 Å². The lowest BCUT2D eigenvalue weighted by Gasteiger charge is -2.39. The zero-order chi connectivity index (χ0) is 14.2. The minimum absolute atomic E-state index is 0.189. The molecule has 2 saturated heterocycles. The molecule has 3 unspecified atom stereocenters. The third-order valence-corrected chi connectivity index (χ3v) is 4.80. The van der Waals surface area contributed by atoms with Gasteiger partial charge in [0.25, 0.3) is 0 Å². The Labute approximate surface area is 117 Å². The van der Waals surface area contributed by atoms with Crippen LogP contribution in [-0.2, 0) is 4.79 Å². The molecule has 0 bridgehead atoms. The van der Waals surface area contributed by atoms with Gasteiger partial charge in [-0.1, -0.05) is 20.8 Å². The number of likely N-dealkylation sites (tertiary alicyclic amines) is 1. The van der Waals surface area contributed by atoms with Crippen LogP contribution in [0.25, 0.3) is 0 Å². The van der Waals surface area contributed by atoms with Crippen LogP contribution >= 0.6 is 0 Å². The zero-order valence-corrected chi connectivity index (χ0v) is 13.1. The summed E-state index contributed by atoms with van der Waals surface area (Å²) in [6.07, 6.45) is 3.38. The van der Waals surface area contributed by atoms with Crippen LogP contribution in [0.5, 0.6) is 0 Å². The van der Waals surface area contributed by atoms with Crippen molar-refractivity contribution in [3.8, 4) is 0 Å². The molecule has 2 rings (SSSR count). The van der Waals surface area contributed by atoms with E-state index in [-0.39, 0.29) is 11.7 Å². The van der Waals surface area contributed by atoms with Gasteiger partial charge >= 0.3 is 0 Å². The Balaban J connectivity index is 2.22. The summed E-state index contributed by atoms with van der Waals surface area (Å²) in [5.41, 5.74) is -0.370. The fourth-order valence-electron chi connectivity index (χ4n) is 3.37. The Bertz CT molecular complexity index is 344. The Hall–Kier alpha value is -0.610. The summed E-state index contributed by atoms with van der Waals surface area (Å²) in [7, 11) is 2.16. The van der Waals surface area contributed by atoms with Crippen molar-refractivity contribution in [3.05, 3.63) is 0 Å². The van der Waals surface area contributed by atoms with Gasteiger partial charge < -0.3 is 9.80 Å². The molecule has 0 aromatic heterocycles. The molecule has 0 aromatic rings. The quantitative estimate of drug-likeness (QED) is 0.845. The van der Waals surface area contributed by atoms with Crippen molar-refractivity contribution < 1.29 is 4.79 Å². The lowest BCUT2D eigenvalue weighted by molar-refractivity contribution is -0.136. The number of nitrogens with one attached hydrogen (secondary N) is 1. The molecule has 4 heteroatoms. The molecule has 3 atom stereocenters. The SMILES string of the molecule is CCC1(C)NC(C(C)C)N(C2CCCN(C)C2)C1=O. The molecule has 110 valence electrons. The first-order valence-corrected chi connectivity index (χ1v) is 7.68. The summed E-state index contributed by atoms with van der Waals surface area (Å²) in [6, 6.07) is 0.375. The van der Waals surface area contributed by atoms with E-state index in [1.165, 1.54) is 6.42 Å². The van der Waals surface area contributed by atoms with Crippen molar-refractivity contribution in [1.82, 2.24) is 15.1 Å². The van der Waals surface area contributed by atoms with Gasteiger partial charge in [0.2, 0.25) is 5.91 Å². The van der Waals surface area contributed by atoms with Gasteiger partial charge in [-0.25, -0.2) is 0 Å². The second-order valence-corrected chi connectivity index (χ2v) is 6.79. The number of carbonyl (C=O) groups is 1. The van der Waals surface area contributed by atoms with E-state index in [1.54, 1.807) is 0 Å². The fraction of sp³-hybridized carbons (Fsp3) is 0.933. The largest absolute Gasteiger partial charge is 0.321 e. The maximum absolute atomic E-state index is 12.8.